The molecule has 0 fully saturated rings. The number of hydrogen-bond acceptors (Lipinski definition) is 2. The van der Waals surface area contributed by atoms with Crippen LogP contribution < -0.4 is 5.32 Å². The van der Waals surface area contributed by atoms with Crippen LogP contribution >= 0.6 is 0 Å². The predicted molar refractivity (Wildman–Crippen MR) is 66.6 cm³/mol. The maximum Gasteiger partial charge on any atom is 0.0357 e. The zero-order valence-electron chi connectivity index (χ0n) is 9.24. The van der Waals surface area contributed by atoms with E-state index in [-0.39, 0.29) is 0 Å². The van der Waals surface area contributed by atoms with E-state index < -0.39 is 10.8 Å². The molecule has 0 spiro atoms. The maximum atomic E-state index is 10.8. The first kappa shape index (κ1) is 12.4. The third-order valence-corrected chi connectivity index (χ3v) is 3.01. The minimum atomic E-state index is -0.669. The van der Waals surface area contributed by atoms with Gasteiger partial charge >= 0.3 is 0 Å². The van der Waals surface area contributed by atoms with E-state index >= 15 is 0 Å². The van der Waals surface area contributed by atoms with Gasteiger partial charge in [-0.15, -0.1) is 0 Å². The Morgan fingerprint density at radius 3 is 2.60 bits per heavy atom. The topological polar surface area (TPSA) is 29.1 Å². The van der Waals surface area contributed by atoms with Crippen molar-refractivity contribution in [1.82, 2.24) is 5.32 Å². The third kappa shape index (κ3) is 6.42. The highest BCUT2D eigenvalue weighted by Gasteiger charge is 1.93. The highest BCUT2D eigenvalue weighted by Crippen LogP contribution is 2.01. The Morgan fingerprint density at radius 1 is 1.20 bits per heavy atom. The molecule has 1 atom stereocenters. The van der Waals surface area contributed by atoms with Crippen LogP contribution in [-0.2, 0) is 17.2 Å². The number of nitrogens with one attached hydrogen (secondary N) is 1. The summed E-state index contributed by atoms with van der Waals surface area (Å²) < 4.78 is 10.8. The van der Waals surface area contributed by atoms with Gasteiger partial charge in [0.2, 0.25) is 0 Å². The van der Waals surface area contributed by atoms with E-state index in [0.29, 0.717) is 0 Å². The van der Waals surface area contributed by atoms with Crippen molar-refractivity contribution >= 4 is 10.8 Å². The molecule has 3 heteroatoms. The Labute approximate surface area is 94.5 Å². The van der Waals surface area contributed by atoms with Crippen molar-refractivity contribution in [1.29, 1.82) is 0 Å². The molecule has 0 saturated heterocycles. The zero-order valence-corrected chi connectivity index (χ0v) is 10.1. The van der Waals surface area contributed by atoms with Crippen molar-refractivity contribution in [2.75, 3.05) is 25.1 Å². The van der Waals surface area contributed by atoms with Gasteiger partial charge in [0.1, 0.15) is 0 Å². The van der Waals surface area contributed by atoms with E-state index in [1.54, 1.807) is 6.26 Å². The summed E-state index contributed by atoms with van der Waals surface area (Å²) in [7, 11) is -0.669. The number of hydrogen-bond donors (Lipinski definition) is 1. The molecule has 15 heavy (non-hydrogen) atoms. The third-order valence-electron chi connectivity index (χ3n) is 2.23. The van der Waals surface area contributed by atoms with E-state index in [4.69, 9.17) is 0 Å². The summed E-state index contributed by atoms with van der Waals surface area (Å²) >= 11 is 0. The number of aryl methyl sites for hydroxylation is 1. The standard InChI is InChI=1S/C12H19NOS/c1-15(14)11-10-13-9-5-8-12-6-3-2-4-7-12/h2-4,6-7,13H,5,8-11H2,1H3. The summed E-state index contributed by atoms with van der Waals surface area (Å²) in [5.74, 6) is 0.755. The molecule has 2 nitrogen and oxygen atoms in total. The van der Waals surface area contributed by atoms with Crippen LogP contribution in [0, 0.1) is 0 Å². The van der Waals surface area contributed by atoms with Gasteiger partial charge in [-0.3, -0.25) is 4.21 Å². The van der Waals surface area contributed by atoms with E-state index in [0.717, 1.165) is 31.7 Å². The molecule has 0 aromatic heterocycles. The Balaban J connectivity index is 2.00. The van der Waals surface area contributed by atoms with Crippen molar-refractivity contribution in [2.45, 2.75) is 12.8 Å². The average molecular weight is 225 g/mol. The van der Waals surface area contributed by atoms with E-state index in [1.807, 2.05) is 6.07 Å². The highest BCUT2D eigenvalue weighted by molar-refractivity contribution is 7.84. The molecule has 0 amide bonds. The summed E-state index contributed by atoms with van der Waals surface area (Å²) in [5, 5.41) is 3.29. The molecule has 1 aromatic carbocycles. The first-order valence-electron chi connectivity index (χ1n) is 5.33. The monoisotopic (exact) mass is 225 g/mol. The molecule has 0 aliphatic heterocycles. The lowest BCUT2D eigenvalue weighted by molar-refractivity contribution is 0.660. The second-order valence-corrected chi connectivity index (χ2v) is 5.17. The summed E-state index contributed by atoms with van der Waals surface area (Å²) in [4.78, 5) is 0. The molecule has 1 rings (SSSR count). The van der Waals surface area contributed by atoms with Crippen molar-refractivity contribution in [3.63, 3.8) is 0 Å². The molecule has 0 aliphatic carbocycles. The maximum absolute atomic E-state index is 10.8. The van der Waals surface area contributed by atoms with Gasteiger partial charge in [0.25, 0.3) is 0 Å². The lowest BCUT2D eigenvalue weighted by Gasteiger charge is -2.03. The lowest BCUT2D eigenvalue weighted by atomic mass is 10.1. The van der Waals surface area contributed by atoms with Crippen molar-refractivity contribution in [3.05, 3.63) is 35.9 Å². The van der Waals surface area contributed by atoms with Crippen molar-refractivity contribution < 1.29 is 4.21 Å². The van der Waals surface area contributed by atoms with Gasteiger partial charge in [-0.2, -0.15) is 0 Å². The Hall–Kier alpha value is -0.670. The number of benzene rings is 1. The summed E-state index contributed by atoms with van der Waals surface area (Å²) in [6, 6.07) is 10.5. The first-order valence-corrected chi connectivity index (χ1v) is 7.06. The van der Waals surface area contributed by atoms with Gasteiger partial charge in [0.05, 0.1) is 0 Å². The largest absolute Gasteiger partial charge is 0.316 e. The van der Waals surface area contributed by atoms with Gasteiger partial charge < -0.3 is 5.32 Å². The second kappa shape index (κ2) is 7.60. The summed E-state index contributed by atoms with van der Waals surface area (Å²) in [6.07, 6.45) is 4.00. The van der Waals surface area contributed by atoms with E-state index in [1.165, 1.54) is 5.56 Å². The normalized spacial score (nSPS) is 12.6. The van der Waals surface area contributed by atoms with Crippen molar-refractivity contribution in [2.24, 2.45) is 0 Å². The van der Waals surface area contributed by atoms with Gasteiger partial charge in [0, 0.05) is 29.4 Å². The summed E-state index contributed by atoms with van der Waals surface area (Å²) in [6.45, 7) is 1.87. The average Bonchev–Trinajstić information content (AvgIpc) is 2.24. The highest BCUT2D eigenvalue weighted by atomic mass is 32.2. The Morgan fingerprint density at radius 2 is 1.93 bits per heavy atom. The molecule has 0 radical (unpaired) electrons. The molecule has 1 N–H and O–H groups in total. The van der Waals surface area contributed by atoms with E-state index in [2.05, 4.69) is 29.6 Å². The molecule has 0 aliphatic rings. The minimum Gasteiger partial charge on any atom is -0.316 e. The molecule has 0 saturated carbocycles. The lowest BCUT2D eigenvalue weighted by Crippen LogP contribution is -2.21. The smallest absolute Gasteiger partial charge is 0.0357 e. The van der Waals surface area contributed by atoms with Crippen LogP contribution in [0.3, 0.4) is 0 Å². The SMILES string of the molecule is CS(=O)CCNCCCc1ccccc1. The van der Waals surface area contributed by atoms with Crippen LogP contribution in [0.2, 0.25) is 0 Å². The Bertz CT molecular complexity index is 287. The van der Waals surface area contributed by atoms with Gasteiger partial charge in [0.15, 0.2) is 0 Å². The Kier molecular flexibility index (Phi) is 6.28. The first-order chi connectivity index (χ1) is 7.29. The second-order valence-electron chi connectivity index (χ2n) is 3.62. The predicted octanol–water partition coefficient (Wildman–Crippen LogP) is 1.59. The number of rotatable bonds is 7. The van der Waals surface area contributed by atoms with Gasteiger partial charge in [-0.05, 0) is 24.9 Å². The fourth-order valence-electron chi connectivity index (χ4n) is 1.40. The van der Waals surface area contributed by atoms with Crippen LogP contribution in [0.1, 0.15) is 12.0 Å². The molecule has 1 aromatic rings. The van der Waals surface area contributed by atoms with Crippen LogP contribution in [-0.4, -0.2) is 29.3 Å². The summed E-state index contributed by atoms with van der Waals surface area (Å²) in [5.41, 5.74) is 1.39. The van der Waals surface area contributed by atoms with Crippen LogP contribution in [0.25, 0.3) is 0 Å². The van der Waals surface area contributed by atoms with E-state index in [9.17, 15) is 4.21 Å². The molecular weight excluding hydrogens is 206 g/mol. The minimum absolute atomic E-state index is 0.669. The fourth-order valence-corrected chi connectivity index (χ4v) is 1.83. The quantitative estimate of drug-likeness (QED) is 0.714. The zero-order chi connectivity index (χ0) is 10.9. The van der Waals surface area contributed by atoms with Crippen molar-refractivity contribution in [3.8, 4) is 0 Å². The van der Waals surface area contributed by atoms with Crippen LogP contribution in [0.4, 0.5) is 0 Å². The van der Waals surface area contributed by atoms with Crippen LogP contribution in [0.15, 0.2) is 30.3 Å². The molecule has 0 bridgehead atoms. The van der Waals surface area contributed by atoms with Crippen LogP contribution in [0.5, 0.6) is 0 Å². The van der Waals surface area contributed by atoms with Gasteiger partial charge in [-0.25, -0.2) is 0 Å². The van der Waals surface area contributed by atoms with Gasteiger partial charge in [-0.1, -0.05) is 30.3 Å². The molecule has 84 valence electrons. The molecule has 1 unspecified atom stereocenters. The molecular formula is C12H19NOS. The molecule has 0 heterocycles. The fraction of sp³-hybridized carbons (Fsp3) is 0.500.